The van der Waals surface area contributed by atoms with Crippen LogP contribution in [0.2, 0.25) is 5.02 Å². The Kier molecular flexibility index (Phi) is 4.66. The summed E-state index contributed by atoms with van der Waals surface area (Å²) in [5.41, 5.74) is 3.43. The van der Waals surface area contributed by atoms with Crippen molar-refractivity contribution in [1.82, 2.24) is 15.1 Å². The first-order chi connectivity index (χ1) is 9.08. The molecule has 0 aliphatic carbocycles. The summed E-state index contributed by atoms with van der Waals surface area (Å²) in [6, 6.07) is 6.31. The van der Waals surface area contributed by atoms with Gasteiger partial charge in [-0.05, 0) is 44.2 Å². The first-order valence-electron chi connectivity index (χ1n) is 6.23. The predicted molar refractivity (Wildman–Crippen MR) is 82.7 cm³/mol. The molecule has 1 N–H and O–H groups in total. The summed E-state index contributed by atoms with van der Waals surface area (Å²) < 4.78 is 3.00. The Morgan fingerprint density at radius 2 is 2.21 bits per heavy atom. The Morgan fingerprint density at radius 1 is 1.47 bits per heavy atom. The summed E-state index contributed by atoms with van der Waals surface area (Å²) in [4.78, 5) is 0. The Morgan fingerprint density at radius 3 is 2.84 bits per heavy atom. The number of hydrogen-bond acceptors (Lipinski definition) is 2. The first-order valence-corrected chi connectivity index (χ1v) is 7.40. The molecule has 1 aromatic carbocycles. The molecule has 3 nitrogen and oxygen atoms in total. The van der Waals surface area contributed by atoms with E-state index in [0.717, 1.165) is 16.7 Å². The number of aryl methyl sites for hydroxylation is 2. The fourth-order valence-corrected chi connectivity index (χ4v) is 2.90. The lowest BCUT2D eigenvalue weighted by atomic mass is 9.99. The molecular weight excluding hydrogens is 326 g/mol. The molecule has 1 atom stereocenters. The van der Waals surface area contributed by atoms with E-state index in [-0.39, 0.29) is 6.04 Å². The van der Waals surface area contributed by atoms with Crippen LogP contribution in [0.5, 0.6) is 0 Å². The second-order valence-corrected chi connectivity index (χ2v) is 5.74. The van der Waals surface area contributed by atoms with E-state index in [2.05, 4.69) is 52.3 Å². The van der Waals surface area contributed by atoms with Crippen molar-refractivity contribution >= 4 is 27.5 Å². The normalized spacial score (nSPS) is 12.7. The summed E-state index contributed by atoms with van der Waals surface area (Å²) in [6.45, 7) is 4.97. The van der Waals surface area contributed by atoms with Crippen molar-refractivity contribution in [2.24, 2.45) is 0 Å². The molecule has 0 saturated carbocycles. The lowest BCUT2D eigenvalue weighted by Crippen LogP contribution is -2.22. The van der Waals surface area contributed by atoms with Crippen LogP contribution in [-0.4, -0.2) is 16.8 Å². The van der Waals surface area contributed by atoms with Crippen molar-refractivity contribution in [2.45, 2.75) is 26.4 Å². The van der Waals surface area contributed by atoms with Gasteiger partial charge in [-0.2, -0.15) is 5.10 Å². The van der Waals surface area contributed by atoms with Gasteiger partial charge in [0.05, 0.1) is 23.0 Å². The van der Waals surface area contributed by atoms with Gasteiger partial charge in [-0.3, -0.25) is 4.68 Å². The molecule has 0 radical (unpaired) electrons. The average molecular weight is 343 g/mol. The number of nitrogens with one attached hydrogen (secondary N) is 1. The lowest BCUT2D eigenvalue weighted by Gasteiger charge is -2.21. The van der Waals surface area contributed by atoms with Gasteiger partial charge in [-0.15, -0.1) is 0 Å². The van der Waals surface area contributed by atoms with E-state index in [1.807, 2.05) is 17.8 Å². The molecule has 0 bridgehead atoms. The van der Waals surface area contributed by atoms with Gasteiger partial charge in [0.15, 0.2) is 0 Å². The van der Waals surface area contributed by atoms with E-state index >= 15 is 0 Å². The van der Waals surface area contributed by atoms with Crippen molar-refractivity contribution in [1.29, 1.82) is 0 Å². The SMILES string of the molecule is CCn1ncc(Cl)c1C(NC)c1cc(Br)ccc1C. The summed E-state index contributed by atoms with van der Waals surface area (Å²) >= 11 is 9.83. The Balaban J connectivity index is 2.56. The second kappa shape index (κ2) is 6.07. The highest BCUT2D eigenvalue weighted by Crippen LogP contribution is 2.31. The minimum absolute atomic E-state index is 0.0347. The van der Waals surface area contributed by atoms with Crippen molar-refractivity contribution in [3.05, 3.63) is 50.7 Å². The van der Waals surface area contributed by atoms with Gasteiger partial charge in [0.25, 0.3) is 0 Å². The molecule has 19 heavy (non-hydrogen) atoms. The lowest BCUT2D eigenvalue weighted by molar-refractivity contribution is 0.562. The van der Waals surface area contributed by atoms with Gasteiger partial charge in [-0.1, -0.05) is 33.6 Å². The zero-order valence-electron chi connectivity index (χ0n) is 11.2. The summed E-state index contributed by atoms with van der Waals surface area (Å²) in [5, 5.41) is 8.35. The maximum atomic E-state index is 6.30. The number of benzene rings is 1. The van der Waals surface area contributed by atoms with Crippen molar-refractivity contribution < 1.29 is 0 Å². The Hall–Kier alpha value is -0.840. The maximum Gasteiger partial charge on any atom is 0.0837 e. The van der Waals surface area contributed by atoms with Crippen LogP contribution in [0.15, 0.2) is 28.9 Å². The van der Waals surface area contributed by atoms with Crippen molar-refractivity contribution in [3.8, 4) is 0 Å². The van der Waals surface area contributed by atoms with E-state index < -0.39 is 0 Å². The predicted octanol–water partition coefficient (Wildman–Crippen LogP) is 3.94. The highest BCUT2D eigenvalue weighted by atomic mass is 79.9. The first kappa shape index (κ1) is 14.6. The zero-order valence-corrected chi connectivity index (χ0v) is 13.6. The van der Waals surface area contributed by atoms with Crippen LogP contribution in [0.4, 0.5) is 0 Å². The third-order valence-corrected chi connectivity index (χ3v) is 4.03. The average Bonchev–Trinajstić information content (AvgIpc) is 2.76. The highest BCUT2D eigenvalue weighted by Gasteiger charge is 2.21. The van der Waals surface area contributed by atoms with Crippen LogP contribution in [-0.2, 0) is 6.54 Å². The van der Waals surface area contributed by atoms with Gasteiger partial charge >= 0.3 is 0 Å². The fourth-order valence-electron chi connectivity index (χ4n) is 2.27. The number of hydrogen-bond donors (Lipinski definition) is 1. The Bertz CT molecular complexity index is 580. The largest absolute Gasteiger partial charge is 0.308 e. The van der Waals surface area contributed by atoms with Gasteiger partial charge in [-0.25, -0.2) is 0 Å². The monoisotopic (exact) mass is 341 g/mol. The molecule has 0 spiro atoms. The molecule has 1 aromatic heterocycles. The van der Waals surface area contributed by atoms with Crippen LogP contribution in [0.25, 0.3) is 0 Å². The smallest absolute Gasteiger partial charge is 0.0837 e. The summed E-state index contributed by atoms with van der Waals surface area (Å²) in [6.07, 6.45) is 1.71. The Labute approximate surface area is 127 Å². The number of rotatable bonds is 4. The molecule has 1 unspecified atom stereocenters. The summed E-state index contributed by atoms with van der Waals surface area (Å²) in [7, 11) is 1.94. The van der Waals surface area contributed by atoms with Gasteiger partial charge in [0, 0.05) is 11.0 Å². The minimum Gasteiger partial charge on any atom is -0.308 e. The zero-order chi connectivity index (χ0) is 14.0. The van der Waals surface area contributed by atoms with Gasteiger partial charge in [0.2, 0.25) is 0 Å². The quantitative estimate of drug-likeness (QED) is 0.912. The number of aromatic nitrogens is 2. The fraction of sp³-hybridized carbons (Fsp3) is 0.357. The molecule has 102 valence electrons. The molecule has 1 heterocycles. The minimum atomic E-state index is 0.0347. The molecule has 0 fully saturated rings. The van der Waals surface area contributed by atoms with Gasteiger partial charge in [0.1, 0.15) is 0 Å². The van der Waals surface area contributed by atoms with E-state index in [0.29, 0.717) is 5.02 Å². The molecule has 0 saturated heterocycles. The topological polar surface area (TPSA) is 29.9 Å². The van der Waals surface area contributed by atoms with Crippen LogP contribution in [0.1, 0.15) is 29.8 Å². The molecule has 0 aliphatic heterocycles. The maximum absolute atomic E-state index is 6.30. The van der Waals surface area contributed by atoms with Crippen LogP contribution in [0, 0.1) is 6.92 Å². The molecule has 5 heteroatoms. The van der Waals surface area contributed by atoms with Crippen LogP contribution < -0.4 is 5.32 Å². The number of halogens is 2. The standard InChI is InChI=1S/C14H17BrClN3/c1-4-19-14(12(16)8-18-19)13(17-3)11-7-10(15)6-5-9(11)2/h5-8,13,17H,4H2,1-3H3. The third kappa shape index (κ3) is 2.86. The van der Waals surface area contributed by atoms with E-state index in [1.165, 1.54) is 11.1 Å². The molecule has 2 aromatic rings. The van der Waals surface area contributed by atoms with Crippen LogP contribution in [0.3, 0.4) is 0 Å². The molecule has 0 amide bonds. The van der Waals surface area contributed by atoms with E-state index in [4.69, 9.17) is 11.6 Å². The van der Waals surface area contributed by atoms with E-state index in [1.54, 1.807) is 6.20 Å². The second-order valence-electron chi connectivity index (χ2n) is 4.42. The number of nitrogens with zero attached hydrogens (tertiary/aromatic N) is 2. The highest BCUT2D eigenvalue weighted by molar-refractivity contribution is 9.10. The van der Waals surface area contributed by atoms with E-state index in [9.17, 15) is 0 Å². The molecule has 2 rings (SSSR count). The molecular formula is C14H17BrClN3. The van der Waals surface area contributed by atoms with Crippen LogP contribution >= 0.6 is 27.5 Å². The van der Waals surface area contributed by atoms with Gasteiger partial charge < -0.3 is 5.32 Å². The van der Waals surface area contributed by atoms with Crippen molar-refractivity contribution in [3.63, 3.8) is 0 Å². The van der Waals surface area contributed by atoms with Crippen molar-refractivity contribution in [2.75, 3.05) is 7.05 Å². The third-order valence-electron chi connectivity index (χ3n) is 3.25. The summed E-state index contributed by atoms with van der Waals surface area (Å²) in [5.74, 6) is 0. The molecule has 0 aliphatic rings.